The van der Waals surface area contributed by atoms with Crippen LogP contribution in [-0.4, -0.2) is 20.7 Å². The van der Waals surface area contributed by atoms with Crippen LogP contribution in [0.3, 0.4) is 0 Å². The van der Waals surface area contributed by atoms with E-state index in [4.69, 9.17) is 10.2 Å². The van der Waals surface area contributed by atoms with E-state index in [0.717, 1.165) is 22.4 Å². The molecule has 3 aromatic carbocycles. The maximum atomic E-state index is 13.5. The van der Waals surface area contributed by atoms with Crippen LogP contribution in [0.15, 0.2) is 71.5 Å². The first-order valence-electron chi connectivity index (χ1n) is 9.60. The van der Waals surface area contributed by atoms with E-state index in [9.17, 15) is 9.59 Å². The van der Waals surface area contributed by atoms with Gasteiger partial charge >= 0.3 is 0 Å². The Balaban J connectivity index is 1.90. The van der Waals surface area contributed by atoms with Crippen LogP contribution in [0, 0.1) is 13.8 Å². The molecule has 0 atom stereocenters. The van der Waals surface area contributed by atoms with Crippen molar-refractivity contribution in [3.63, 3.8) is 0 Å². The Morgan fingerprint density at radius 1 is 0.967 bits per heavy atom. The number of aryl methyl sites for hydroxylation is 2. The fourth-order valence-electron chi connectivity index (χ4n) is 3.71. The summed E-state index contributed by atoms with van der Waals surface area (Å²) in [6.45, 7) is 3.96. The molecule has 6 nitrogen and oxygen atoms in total. The summed E-state index contributed by atoms with van der Waals surface area (Å²) < 4.78 is 1.70. The van der Waals surface area contributed by atoms with Gasteiger partial charge in [-0.3, -0.25) is 19.4 Å². The summed E-state index contributed by atoms with van der Waals surface area (Å²) in [4.78, 5) is 29.8. The van der Waals surface area contributed by atoms with Crippen molar-refractivity contribution in [3.8, 4) is 5.69 Å². The topological polar surface area (TPSA) is 84.2 Å². The third kappa shape index (κ3) is 3.49. The van der Waals surface area contributed by atoms with Crippen molar-refractivity contribution in [2.24, 2.45) is 0 Å². The fourth-order valence-corrected chi connectivity index (χ4v) is 3.71. The second kappa shape index (κ2) is 7.93. The molecule has 0 aliphatic heterocycles. The number of hydroxylamine groups is 1. The zero-order valence-corrected chi connectivity index (χ0v) is 16.7. The number of nitrogens with one attached hydrogen (secondary N) is 1. The molecule has 0 bridgehead atoms. The third-order valence-electron chi connectivity index (χ3n) is 5.19. The van der Waals surface area contributed by atoms with Crippen LogP contribution in [0.25, 0.3) is 16.6 Å². The van der Waals surface area contributed by atoms with Gasteiger partial charge in [-0.15, -0.1) is 0 Å². The van der Waals surface area contributed by atoms with E-state index in [0.29, 0.717) is 28.7 Å². The van der Waals surface area contributed by atoms with Crippen molar-refractivity contribution in [1.82, 2.24) is 15.0 Å². The fraction of sp³-hybridized carbons (Fsp3) is 0.125. The number of rotatable bonds is 4. The van der Waals surface area contributed by atoms with Gasteiger partial charge in [0.15, 0.2) is 0 Å². The normalized spacial score (nSPS) is 10.9. The lowest BCUT2D eigenvalue weighted by Gasteiger charge is -2.18. The van der Waals surface area contributed by atoms with E-state index in [1.807, 2.05) is 50.2 Å². The molecule has 30 heavy (non-hydrogen) atoms. The highest BCUT2D eigenvalue weighted by Gasteiger charge is 2.16. The zero-order valence-electron chi connectivity index (χ0n) is 16.7. The number of hydrogen-bond donors (Lipinski definition) is 2. The first kappa shape index (κ1) is 19.5. The Kier molecular flexibility index (Phi) is 5.16. The zero-order chi connectivity index (χ0) is 21.3. The summed E-state index contributed by atoms with van der Waals surface area (Å²) in [6.07, 6.45) is 0.412. The highest BCUT2D eigenvalue weighted by molar-refractivity contribution is 5.93. The molecule has 1 heterocycles. The lowest BCUT2D eigenvalue weighted by molar-refractivity contribution is 0.0706. The molecule has 0 saturated carbocycles. The van der Waals surface area contributed by atoms with Gasteiger partial charge in [-0.25, -0.2) is 10.5 Å². The van der Waals surface area contributed by atoms with E-state index < -0.39 is 5.91 Å². The van der Waals surface area contributed by atoms with E-state index in [1.165, 1.54) is 0 Å². The van der Waals surface area contributed by atoms with Crippen LogP contribution in [0.5, 0.6) is 0 Å². The predicted molar refractivity (Wildman–Crippen MR) is 115 cm³/mol. The molecule has 4 aromatic rings. The van der Waals surface area contributed by atoms with Crippen LogP contribution in [0.4, 0.5) is 0 Å². The highest BCUT2D eigenvalue weighted by Crippen LogP contribution is 2.22. The van der Waals surface area contributed by atoms with Crippen molar-refractivity contribution < 1.29 is 10.0 Å². The van der Waals surface area contributed by atoms with Gasteiger partial charge in [0.1, 0.15) is 5.82 Å². The van der Waals surface area contributed by atoms with E-state index in [1.54, 1.807) is 40.4 Å². The van der Waals surface area contributed by atoms with Crippen molar-refractivity contribution in [1.29, 1.82) is 0 Å². The van der Waals surface area contributed by atoms with E-state index in [2.05, 4.69) is 0 Å². The average molecular weight is 399 g/mol. The molecule has 6 heteroatoms. The first-order chi connectivity index (χ1) is 14.5. The molecular weight excluding hydrogens is 378 g/mol. The van der Waals surface area contributed by atoms with Gasteiger partial charge in [0.2, 0.25) is 0 Å². The number of fused-ring (bicyclic) bond motifs is 1. The quantitative estimate of drug-likeness (QED) is 0.405. The molecule has 2 N–H and O–H groups in total. The van der Waals surface area contributed by atoms with Crippen molar-refractivity contribution in [2.45, 2.75) is 20.3 Å². The molecule has 0 radical (unpaired) electrons. The number of carbonyl (C=O) groups is 1. The Morgan fingerprint density at radius 3 is 2.30 bits per heavy atom. The van der Waals surface area contributed by atoms with Gasteiger partial charge in [0.05, 0.1) is 16.6 Å². The number of para-hydroxylation sites is 2. The standard InChI is InChI=1S/C24H21N3O3/c1-15-6-5-7-16(2)22(15)27-21(25-20-9-4-3-8-19(20)24(27)29)14-17-10-12-18(13-11-17)23(28)26-30/h3-13,30H,14H2,1-2H3,(H,26,28). The predicted octanol–water partition coefficient (Wildman–Crippen LogP) is 3.71. The van der Waals surface area contributed by atoms with Crippen LogP contribution in [-0.2, 0) is 6.42 Å². The van der Waals surface area contributed by atoms with Crippen LogP contribution < -0.4 is 11.0 Å². The maximum absolute atomic E-state index is 13.5. The molecule has 0 saturated heterocycles. The van der Waals surface area contributed by atoms with Crippen molar-refractivity contribution >= 4 is 16.8 Å². The molecule has 1 aromatic heterocycles. The average Bonchev–Trinajstić information content (AvgIpc) is 2.75. The molecule has 0 unspecified atom stereocenters. The molecule has 4 rings (SSSR count). The van der Waals surface area contributed by atoms with E-state index in [-0.39, 0.29) is 5.56 Å². The number of carbonyl (C=O) groups excluding carboxylic acids is 1. The van der Waals surface area contributed by atoms with Gasteiger partial charge in [0.25, 0.3) is 11.5 Å². The van der Waals surface area contributed by atoms with Crippen molar-refractivity contribution in [2.75, 3.05) is 0 Å². The Hall–Kier alpha value is -3.77. The largest absolute Gasteiger partial charge is 0.288 e. The smallest absolute Gasteiger partial charge is 0.274 e. The summed E-state index contributed by atoms with van der Waals surface area (Å²) in [5.41, 5.74) is 6.23. The number of aromatic nitrogens is 2. The number of amides is 1. The molecule has 0 spiro atoms. The minimum atomic E-state index is -0.571. The van der Waals surface area contributed by atoms with Crippen LogP contribution in [0.1, 0.15) is 32.9 Å². The van der Waals surface area contributed by atoms with Gasteiger partial charge in [-0.1, -0.05) is 42.5 Å². The minimum absolute atomic E-state index is 0.107. The molecule has 0 aliphatic carbocycles. The first-order valence-corrected chi connectivity index (χ1v) is 9.60. The number of benzene rings is 3. The van der Waals surface area contributed by atoms with Crippen LogP contribution >= 0.6 is 0 Å². The summed E-state index contributed by atoms with van der Waals surface area (Å²) in [5, 5.41) is 9.36. The van der Waals surface area contributed by atoms with Gasteiger partial charge in [0, 0.05) is 12.0 Å². The maximum Gasteiger partial charge on any atom is 0.274 e. The van der Waals surface area contributed by atoms with Gasteiger partial charge in [-0.05, 0) is 54.8 Å². The number of hydrogen-bond acceptors (Lipinski definition) is 4. The Labute approximate surface area is 173 Å². The SMILES string of the molecule is Cc1cccc(C)c1-n1c(Cc2ccc(C(=O)NO)cc2)nc2ccccc2c1=O. The Morgan fingerprint density at radius 2 is 1.63 bits per heavy atom. The summed E-state index contributed by atoms with van der Waals surface area (Å²) in [6, 6.07) is 20.1. The lowest BCUT2D eigenvalue weighted by Crippen LogP contribution is -2.25. The van der Waals surface area contributed by atoms with E-state index >= 15 is 0 Å². The summed E-state index contributed by atoms with van der Waals surface area (Å²) in [7, 11) is 0. The highest BCUT2D eigenvalue weighted by atomic mass is 16.5. The Bertz CT molecular complexity index is 1290. The summed E-state index contributed by atoms with van der Waals surface area (Å²) >= 11 is 0. The molecule has 0 fully saturated rings. The third-order valence-corrected chi connectivity index (χ3v) is 5.19. The second-order valence-electron chi connectivity index (χ2n) is 7.24. The minimum Gasteiger partial charge on any atom is -0.288 e. The molecule has 0 aliphatic rings. The second-order valence-corrected chi connectivity index (χ2v) is 7.24. The van der Waals surface area contributed by atoms with Crippen LogP contribution in [0.2, 0.25) is 0 Å². The summed E-state index contributed by atoms with van der Waals surface area (Å²) in [5.74, 6) is 0.0493. The monoisotopic (exact) mass is 399 g/mol. The molecule has 150 valence electrons. The van der Waals surface area contributed by atoms with Crippen molar-refractivity contribution in [3.05, 3.63) is 105 Å². The van der Waals surface area contributed by atoms with Gasteiger partial charge in [-0.2, -0.15) is 0 Å². The molecule has 1 amide bonds. The lowest BCUT2D eigenvalue weighted by atomic mass is 10.1. The molecular formula is C24H21N3O3. The van der Waals surface area contributed by atoms with Gasteiger partial charge < -0.3 is 0 Å². The number of nitrogens with zero attached hydrogens (tertiary/aromatic N) is 2.